The van der Waals surface area contributed by atoms with Crippen molar-refractivity contribution in [3.8, 4) is 0 Å². The summed E-state index contributed by atoms with van der Waals surface area (Å²) in [6, 6.07) is 0. The molecule has 1 heterocycles. The summed E-state index contributed by atoms with van der Waals surface area (Å²) >= 11 is 0. The van der Waals surface area contributed by atoms with Crippen LogP contribution in [-0.2, 0) is 0 Å². The lowest BCUT2D eigenvalue weighted by atomic mass is 9.96. The van der Waals surface area contributed by atoms with E-state index in [2.05, 4.69) is 24.2 Å². The molecule has 0 aromatic carbocycles. The van der Waals surface area contributed by atoms with Gasteiger partial charge in [0.1, 0.15) is 0 Å². The summed E-state index contributed by atoms with van der Waals surface area (Å²) in [6.07, 6.45) is 4.24. The van der Waals surface area contributed by atoms with Gasteiger partial charge in [-0.15, -0.1) is 0 Å². The van der Waals surface area contributed by atoms with Crippen molar-refractivity contribution < 1.29 is 0 Å². The molecule has 1 N–H and O–H groups in total. The third kappa shape index (κ3) is 1.38. The molecular formula is C10H20N2. The lowest BCUT2D eigenvalue weighted by Gasteiger charge is -2.23. The first-order chi connectivity index (χ1) is 5.77. The molecule has 1 aliphatic carbocycles. The van der Waals surface area contributed by atoms with E-state index in [1.165, 1.54) is 32.4 Å². The lowest BCUT2D eigenvalue weighted by molar-refractivity contribution is 0.323. The van der Waals surface area contributed by atoms with Gasteiger partial charge in [0, 0.05) is 12.1 Å². The van der Waals surface area contributed by atoms with Crippen molar-refractivity contribution in [1.82, 2.24) is 10.2 Å². The quantitative estimate of drug-likeness (QED) is 0.678. The molecule has 1 unspecified atom stereocenters. The van der Waals surface area contributed by atoms with Crippen molar-refractivity contribution in [3.63, 3.8) is 0 Å². The summed E-state index contributed by atoms with van der Waals surface area (Å²) in [6.45, 7) is 5.98. The van der Waals surface area contributed by atoms with Crippen LogP contribution in [0.15, 0.2) is 0 Å². The highest BCUT2D eigenvalue weighted by atomic mass is 15.1. The van der Waals surface area contributed by atoms with E-state index in [1.54, 1.807) is 0 Å². The molecule has 2 fully saturated rings. The van der Waals surface area contributed by atoms with E-state index in [0.717, 1.165) is 12.5 Å². The third-order valence-corrected chi connectivity index (χ3v) is 3.49. The lowest BCUT2D eigenvalue weighted by Crippen LogP contribution is -2.39. The summed E-state index contributed by atoms with van der Waals surface area (Å²) in [4.78, 5) is 2.46. The van der Waals surface area contributed by atoms with Gasteiger partial charge < -0.3 is 10.2 Å². The minimum atomic E-state index is 0.569. The number of likely N-dealkylation sites (tertiary alicyclic amines) is 1. The number of nitrogens with one attached hydrogen (secondary N) is 1. The van der Waals surface area contributed by atoms with Crippen LogP contribution in [0.3, 0.4) is 0 Å². The molecule has 2 nitrogen and oxygen atoms in total. The van der Waals surface area contributed by atoms with E-state index >= 15 is 0 Å². The van der Waals surface area contributed by atoms with Crippen molar-refractivity contribution in [1.29, 1.82) is 0 Å². The molecule has 70 valence electrons. The second kappa shape index (κ2) is 3.00. The highest BCUT2D eigenvalue weighted by Crippen LogP contribution is 2.45. The van der Waals surface area contributed by atoms with Gasteiger partial charge in [0.25, 0.3) is 0 Å². The van der Waals surface area contributed by atoms with Crippen LogP contribution in [0.25, 0.3) is 0 Å². The zero-order valence-corrected chi connectivity index (χ0v) is 8.27. The first-order valence-corrected chi connectivity index (χ1v) is 5.20. The zero-order valence-electron chi connectivity index (χ0n) is 8.27. The van der Waals surface area contributed by atoms with Crippen LogP contribution in [0.4, 0.5) is 0 Å². The molecule has 1 atom stereocenters. The van der Waals surface area contributed by atoms with Gasteiger partial charge in [0.15, 0.2) is 0 Å². The van der Waals surface area contributed by atoms with Gasteiger partial charge >= 0.3 is 0 Å². The molecule has 0 radical (unpaired) electrons. The van der Waals surface area contributed by atoms with Crippen molar-refractivity contribution in [2.45, 2.75) is 31.7 Å². The molecule has 2 heteroatoms. The van der Waals surface area contributed by atoms with Gasteiger partial charge in [-0.2, -0.15) is 0 Å². The number of hydrogen-bond acceptors (Lipinski definition) is 2. The Labute approximate surface area is 75.3 Å². The number of hydrogen-bond donors (Lipinski definition) is 1. The maximum Gasteiger partial charge on any atom is 0.0223 e. The molecule has 0 aromatic rings. The fourth-order valence-electron chi connectivity index (χ4n) is 2.60. The second-order valence-electron chi connectivity index (χ2n) is 4.43. The topological polar surface area (TPSA) is 15.3 Å². The molecule has 2 aliphatic rings. The molecule has 1 aliphatic heterocycles. The van der Waals surface area contributed by atoms with Crippen LogP contribution in [0.2, 0.25) is 0 Å². The highest BCUT2D eigenvalue weighted by Gasteiger charge is 2.49. The van der Waals surface area contributed by atoms with Crippen LogP contribution in [-0.4, -0.2) is 37.1 Å². The van der Waals surface area contributed by atoms with Crippen molar-refractivity contribution >= 4 is 0 Å². The Morgan fingerprint density at radius 3 is 2.67 bits per heavy atom. The standard InChI is InChI=1S/C10H20N2/c1-3-11-10(5-6-10)9-4-7-12(2)8-9/h9,11H,3-8H2,1-2H3. The van der Waals surface area contributed by atoms with E-state index in [-0.39, 0.29) is 0 Å². The normalized spacial score (nSPS) is 34.0. The maximum atomic E-state index is 3.67. The van der Waals surface area contributed by atoms with E-state index in [1.807, 2.05) is 0 Å². The van der Waals surface area contributed by atoms with Gasteiger partial charge in [0.05, 0.1) is 0 Å². The van der Waals surface area contributed by atoms with Crippen molar-refractivity contribution in [2.24, 2.45) is 5.92 Å². The predicted molar refractivity (Wildman–Crippen MR) is 51.2 cm³/mol. The molecule has 0 amide bonds. The van der Waals surface area contributed by atoms with Gasteiger partial charge in [-0.3, -0.25) is 0 Å². The number of nitrogens with zero attached hydrogens (tertiary/aromatic N) is 1. The van der Waals surface area contributed by atoms with E-state index in [9.17, 15) is 0 Å². The summed E-state index contributed by atoms with van der Waals surface area (Å²) in [7, 11) is 2.24. The summed E-state index contributed by atoms with van der Waals surface area (Å²) in [5.41, 5.74) is 0.569. The average molecular weight is 168 g/mol. The molecular weight excluding hydrogens is 148 g/mol. The molecule has 2 rings (SSSR count). The van der Waals surface area contributed by atoms with E-state index in [0.29, 0.717) is 5.54 Å². The monoisotopic (exact) mass is 168 g/mol. The van der Waals surface area contributed by atoms with Gasteiger partial charge in [-0.25, -0.2) is 0 Å². The van der Waals surface area contributed by atoms with Gasteiger partial charge in [-0.05, 0) is 45.3 Å². The number of rotatable bonds is 3. The molecule has 1 saturated carbocycles. The zero-order chi connectivity index (χ0) is 8.60. The molecule has 1 saturated heterocycles. The minimum absolute atomic E-state index is 0.569. The largest absolute Gasteiger partial charge is 0.311 e. The van der Waals surface area contributed by atoms with Crippen LogP contribution in [0.1, 0.15) is 26.2 Å². The van der Waals surface area contributed by atoms with Crippen LogP contribution >= 0.6 is 0 Å². The predicted octanol–water partition coefficient (Wildman–Crippen LogP) is 1.08. The molecule has 12 heavy (non-hydrogen) atoms. The highest BCUT2D eigenvalue weighted by molar-refractivity contribution is 5.08. The smallest absolute Gasteiger partial charge is 0.0223 e. The Bertz CT molecular complexity index is 163. The summed E-state index contributed by atoms with van der Waals surface area (Å²) in [5.74, 6) is 0.933. The Balaban J connectivity index is 1.91. The van der Waals surface area contributed by atoms with Crippen molar-refractivity contribution in [3.05, 3.63) is 0 Å². The Morgan fingerprint density at radius 1 is 1.50 bits per heavy atom. The van der Waals surface area contributed by atoms with Gasteiger partial charge in [0.2, 0.25) is 0 Å². The maximum absolute atomic E-state index is 3.67. The van der Waals surface area contributed by atoms with Crippen molar-refractivity contribution in [2.75, 3.05) is 26.7 Å². The summed E-state index contributed by atoms with van der Waals surface area (Å²) < 4.78 is 0. The summed E-state index contributed by atoms with van der Waals surface area (Å²) in [5, 5.41) is 3.67. The first kappa shape index (κ1) is 8.52. The van der Waals surface area contributed by atoms with E-state index < -0.39 is 0 Å². The fraction of sp³-hybridized carbons (Fsp3) is 1.00. The Morgan fingerprint density at radius 2 is 2.25 bits per heavy atom. The van der Waals surface area contributed by atoms with Crippen LogP contribution in [0.5, 0.6) is 0 Å². The molecule has 0 bridgehead atoms. The van der Waals surface area contributed by atoms with Gasteiger partial charge in [-0.1, -0.05) is 6.92 Å². The third-order valence-electron chi connectivity index (χ3n) is 3.49. The Hall–Kier alpha value is -0.0800. The Kier molecular flexibility index (Phi) is 2.13. The fourth-order valence-corrected chi connectivity index (χ4v) is 2.60. The average Bonchev–Trinajstić information content (AvgIpc) is 2.69. The van der Waals surface area contributed by atoms with E-state index in [4.69, 9.17) is 0 Å². The second-order valence-corrected chi connectivity index (χ2v) is 4.43. The molecule has 0 spiro atoms. The molecule has 0 aromatic heterocycles. The van der Waals surface area contributed by atoms with Crippen LogP contribution in [0, 0.1) is 5.92 Å². The van der Waals surface area contributed by atoms with Crippen LogP contribution < -0.4 is 5.32 Å². The SMILES string of the molecule is CCNC1(C2CCN(C)C2)CC1. The first-order valence-electron chi connectivity index (χ1n) is 5.20. The minimum Gasteiger partial charge on any atom is -0.311 e.